The van der Waals surface area contributed by atoms with Crippen LogP contribution in [-0.4, -0.2) is 103 Å². The van der Waals surface area contributed by atoms with Crippen LogP contribution in [0.25, 0.3) is 0 Å². The van der Waals surface area contributed by atoms with Crippen molar-refractivity contribution in [2.75, 3.05) is 53.5 Å². The van der Waals surface area contributed by atoms with E-state index in [2.05, 4.69) is 10.2 Å². The molecule has 224 valence electrons. The molecule has 2 aromatic carbocycles. The normalized spacial score (nSPS) is 18.2. The van der Waals surface area contributed by atoms with Gasteiger partial charge < -0.3 is 24.8 Å². The zero-order chi connectivity index (χ0) is 29.8. The van der Waals surface area contributed by atoms with Crippen molar-refractivity contribution >= 4 is 41.2 Å². The summed E-state index contributed by atoms with van der Waals surface area (Å²) in [5, 5.41) is 13.8. The number of amides is 1. The molecule has 0 radical (unpaired) electrons. The van der Waals surface area contributed by atoms with Gasteiger partial charge in [0.2, 0.25) is 0 Å². The van der Waals surface area contributed by atoms with E-state index in [4.69, 9.17) is 37.8 Å². The molecule has 0 saturated carbocycles. The summed E-state index contributed by atoms with van der Waals surface area (Å²) in [6.07, 6.45) is 0.841. The summed E-state index contributed by atoms with van der Waals surface area (Å²) in [6.45, 7) is 4.55. The van der Waals surface area contributed by atoms with Gasteiger partial charge in [0.05, 0.1) is 27.3 Å². The molecule has 2 unspecified atom stereocenters. The number of methoxy groups -OCH3 is 2. The largest absolute Gasteiger partial charge is 0.468 e. The van der Waals surface area contributed by atoms with E-state index in [0.717, 1.165) is 42.2 Å². The molecule has 0 aliphatic carbocycles. The predicted octanol–water partition coefficient (Wildman–Crippen LogP) is 3.74. The highest BCUT2D eigenvalue weighted by Crippen LogP contribution is 2.20. The van der Waals surface area contributed by atoms with Crippen molar-refractivity contribution in [1.29, 1.82) is 0 Å². The van der Waals surface area contributed by atoms with Gasteiger partial charge in [-0.2, -0.15) is 0 Å². The number of carboxylic acid groups (broad SMARTS) is 1. The van der Waals surface area contributed by atoms with Crippen LogP contribution in [0.5, 0.6) is 0 Å². The second kappa shape index (κ2) is 16.5. The molecule has 4 rings (SSSR count). The van der Waals surface area contributed by atoms with Gasteiger partial charge in [0.25, 0.3) is 0 Å². The van der Waals surface area contributed by atoms with E-state index in [1.807, 2.05) is 41.3 Å². The summed E-state index contributed by atoms with van der Waals surface area (Å²) in [7, 11) is 2.77. The fourth-order valence-corrected chi connectivity index (χ4v) is 5.15. The third-order valence-electron chi connectivity index (χ3n) is 7.22. The predicted molar refractivity (Wildman–Crippen MR) is 157 cm³/mol. The molecule has 2 fully saturated rings. The molecule has 12 heteroatoms. The molecular formula is C29H38Cl2N4O6. The minimum Gasteiger partial charge on any atom is -0.468 e. The molecule has 0 aromatic heterocycles. The van der Waals surface area contributed by atoms with Gasteiger partial charge in [0.1, 0.15) is 0 Å². The Balaban J connectivity index is 0.000000228. The summed E-state index contributed by atoms with van der Waals surface area (Å²) >= 11 is 11.8. The topological polar surface area (TPSA) is 112 Å². The molecule has 2 aromatic rings. The van der Waals surface area contributed by atoms with Gasteiger partial charge in [-0.25, -0.2) is 4.79 Å². The lowest BCUT2D eigenvalue weighted by molar-refractivity contribution is -0.143. The molecular weight excluding hydrogens is 571 g/mol. The fraction of sp³-hybridized carbons (Fsp3) is 0.483. The van der Waals surface area contributed by atoms with E-state index in [1.165, 1.54) is 19.1 Å². The molecule has 2 aliphatic rings. The number of esters is 2. The SMILES string of the molecule is COC(=O)CN(Cc1ccc(Cl)cc1)C1CCN(C(=O)O)C1.COC(=O)CN(Cc1ccc(Cl)cc1)C1CCNC1. The zero-order valence-electron chi connectivity index (χ0n) is 23.4. The van der Waals surface area contributed by atoms with E-state index in [-0.39, 0.29) is 24.5 Å². The van der Waals surface area contributed by atoms with Crippen molar-refractivity contribution in [2.45, 2.75) is 38.0 Å². The Morgan fingerprint density at radius 3 is 1.73 bits per heavy atom. The number of likely N-dealkylation sites (tertiary alicyclic amines) is 1. The molecule has 10 nitrogen and oxygen atoms in total. The van der Waals surface area contributed by atoms with E-state index >= 15 is 0 Å². The van der Waals surface area contributed by atoms with E-state index in [1.54, 1.807) is 12.1 Å². The van der Waals surface area contributed by atoms with Crippen molar-refractivity contribution in [3.8, 4) is 0 Å². The van der Waals surface area contributed by atoms with Crippen LogP contribution in [0, 0.1) is 0 Å². The van der Waals surface area contributed by atoms with Crippen LogP contribution in [0.15, 0.2) is 48.5 Å². The van der Waals surface area contributed by atoms with Gasteiger partial charge in [0.15, 0.2) is 0 Å². The highest BCUT2D eigenvalue weighted by molar-refractivity contribution is 6.30. The van der Waals surface area contributed by atoms with Gasteiger partial charge >= 0.3 is 18.0 Å². The van der Waals surface area contributed by atoms with Crippen molar-refractivity contribution < 1.29 is 29.0 Å². The Kier molecular flexibility index (Phi) is 13.1. The zero-order valence-corrected chi connectivity index (χ0v) is 24.9. The number of carbonyl (C=O) groups is 3. The fourth-order valence-electron chi connectivity index (χ4n) is 4.90. The maximum Gasteiger partial charge on any atom is 0.407 e. The maximum atomic E-state index is 11.6. The lowest BCUT2D eigenvalue weighted by Gasteiger charge is -2.27. The molecule has 2 heterocycles. The molecule has 2 saturated heterocycles. The summed E-state index contributed by atoms with van der Waals surface area (Å²) < 4.78 is 9.51. The minimum absolute atomic E-state index is 0.00544. The van der Waals surface area contributed by atoms with Crippen molar-refractivity contribution in [3.05, 3.63) is 69.7 Å². The highest BCUT2D eigenvalue weighted by atomic mass is 35.5. The van der Waals surface area contributed by atoms with Gasteiger partial charge in [-0.05, 0) is 54.8 Å². The average Bonchev–Trinajstić information content (AvgIpc) is 3.68. The number of halogens is 2. The van der Waals surface area contributed by atoms with Crippen LogP contribution in [0.1, 0.15) is 24.0 Å². The molecule has 2 aliphatic heterocycles. The number of nitrogens with one attached hydrogen (secondary N) is 1. The van der Waals surface area contributed by atoms with Crippen LogP contribution in [-0.2, 0) is 32.2 Å². The Labute approximate surface area is 251 Å². The Hall–Kier alpha value is -2.89. The van der Waals surface area contributed by atoms with Gasteiger partial charge in [0, 0.05) is 54.9 Å². The molecule has 2 atom stereocenters. The van der Waals surface area contributed by atoms with Crippen LogP contribution in [0.4, 0.5) is 4.79 Å². The van der Waals surface area contributed by atoms with Crippen molar-refractivity contribution in [1.82, 2.24) is 20.0 Å². The third-order valence-corrected chi connectivity index (χ3v) is 7.72. The summed E-state index contributed by atoms with van der Waals surface area (Å²) in [4.78, 5) is 39.7. The van der Waals surface area contributed by atoms with Gasteiger partial charge in [-0.1, -0.05) is 47.5 Å². The summed E-state index contributed by atoms with van der Waals surface area (Å²) in [5.41, 5.74) is 2.17. The molecule has 0 bridgehead atoms. The minimum atomic E-state index is -0.924. The molecule has 0 spiro atoms. The quantitative estimate of drug-likeness (QED) is 0.389. The number of benzene rings is 2. The Morgan fingerprint density at radius 1 is 0.854 bits per heavy atom. The lowest BCUT2D eigenvalue weighted by atomic mass is 10.1. The smallest absolute Gasteiger partial charge is 0.407 e. The van der Waals surface area contributed by atoms with Crippen LogP contribution in [0.3, 0.4) is 0 Å². The van der Waals surface area contributed by atoms with Crippen molar-refractivity contribution in [3.63, 3.8) is 0 Å². The van der Waals surface area contributed by atoms with E-state index in [0.29, 0.717) is 43.7 Å². The highest BCUT2D eigenvalue weighted by Gasteiger charge is 2.31. The van der Waals surface area contributed by atoms with Gasteiger partial charge in [-0.3, -0.25) is 19.4 Å². The molecule has 41 heavy (non-hydrogen) atoms. The monoisotopic (exact) mass is 608 g/mol. The van der Waals surface area contributed by atoms with E-state index < -0.39 is 6.09 Å². The lowest BCUT2D eigenvalue weighted by Crippen LogP contribution is -2.41. The standard InChI is InChI=1S/C15H19ClN2O4.C14H19ClN2O2/c1-22-14(19)10-18(8-11-2-4-12(16)5-3-11)13-6-7-17(9-13)15(20)21;1-19-14(18)10-17(13-6-7-16-8-13)9-11-2-4-12(15)5-3-11/h2-5,13H,6-10H2,1H3,(H,20,21);2-5,13,16H,6-10H2,1H3. The van der Waals surface area contributed by atoms with Crippen LogP contribution < -0.4 is 5.32 Å². The van der Waals surface area contributed by atoms with Crippen molar-refractivity contribution in [2.24, 2.45) is 0 Å². The van der Waals surface area contributed by atoms with Crippen LogP contribution >= 0.6 is 23.2 Å². The number of carbonyl (C=O) groups excluding carboxylic acids is 2. The number of nitrogens with zero attached hydrogens (tertiary/aromatic N) is 3. The first kappa shape index (κ1) is 32.6. The molecule has 1 amide bonds. The summed E-state index contributed by atoms with van der Waals surface area (Å²) in [6, 6.07) is 15.5. The number of hydrogen-bond donors (Lipinski definition) is 2. The Morgan fingerprint density at radius 2 is 1.34 bits per heavy atom. The van der Waals surface area contributed by atoms with Gasteiger partial charge in [-0.15, -0.1) is 0 Å². The number of rotatable bonds is 10. The summed E-state index contributed by atoms with van der Waals surface area (Å²) in [5.74, 6) is -0.524. The third kappa shape index (κ3) is 10.8. The average molecular weight is 610 g/mol. The first-order chi connectivity index (χ1) is 19.7. The maximum absolute atomic E-state index is 11.6. The second-order valence-corrected chi connectivity index (χ2v) is 10.9. The Bertz CT molecular complexity index is 1130. The number of ether oxygens (including phenoxy) is 2. The first-order valence-corrected chi connectivity index (χ1v) is 14.2. The second-order valence-electron chi connectivity index (χ2n) is 10.0. The number of hydrogen-bond acceptors (Lipinski definition) is 8. The molecule has 2 N–H and O–H groups in total. The van der Waals surface area contributed by atoms with E-state index in [9.17, 15) is 14.4 Å². The van der Waals surface area contributed by atoms with Crippen LogP contribution in [0.2, 0.25) is 10.0 Å². The first-order valence-electron chi connectivity index (χ1n) is 13.5.